The molecule has 0 aliphatic rings. The molecule has 0 saturated heterocycles. The lowest BCUT2D eigenvalue weighted by atomic mass is 10.1. The van der Waals surface area contributed by atoms with Crippen LogP contribution in [0.2, 0.25) is 0 Å². The second-order valence-corrected chi connectivity index (χ2v) is 3.17. The van der Waals surface area contributed by atoms with Crippen molar-refractivity contribution >= 4 is 0 Å². The highest BCUT2D eigenvalue weighted by atomic mass is 19.1. The summed E-state index contributed by atoms with van der Waals surface area (Å²) >= 11 is 0. The Morgan fingerprint density at radius 3 is 2.71 bits per heavy atom. The SMILES string of the molecule is CCNC(C)c1ccc(OC)c(F)c1. The van der Waals surface area contributed by atoms with Gasteiger partial charge in [-0.05, 0) is 31.2 Å². The average Bonchev–Trinajstić information content (AvgIpc) is 2.18. The third-order valence-electron chi connectivity index (χ3n) is 2.19. The lowest BCUT2D eigenvalue weighted by Crippen LogP contribution is -2.17. The van der Waals surface area contributed by atoms with Gasteiger partial charge < -0.3 is 10.1 Å². The van der Waals surface area contributed by atoms with E-state index in [0.29, 0.717) is 0 Å². The van der Waals surface area contributed by atoms with Gasteiger partial charge in [-0.2, -0.15) is 0 Å². The number of methoxy groups -OCH3 is 1. The standard InChI is InChI=1S/C11H16FNO/c1-4-13-8(2)9-5-6-11(14-3)10(12)7-9/h5-8,13H,4H2,1-3H3. The Morgan fingerprint density at radius 2 is 2.21 bits per heavy atom. The highest BCUT2D eigenvalue weighted by Gasteiger charge is 2.07. The fourth-order valence-electron chi connectivity index (χ4n) is 1.38. The quantitative estimate of drug-likeness (QED) is 0.800. The first-order chi connectivity index (χ1) is 6.69. The monoisotopic (exact) mass is 197 g/mol. The predicted molar refractivity (Wildman–Crippen MR) is 55.0 cm³/mol. The van der Waals surface area contributed by atoms with Crippen LogP contribution in [-0.2, 0) is 0 Å². The molecule has 0 spiro atoms. The average molecular weight is 197 g/mol. The molecule has 0 radical (unpaired) electrons. The molecule has 1 aromatic rings. The molecular weight excluding hydrogens is 181 g/mol. The summed E-state index contributed by atoms with van der Waals surface area (Å²) in [4.78, 5) is 0. The molecule has 14 heavy (non-hydrogen) atoms. The van der Waals surface area contributed by atoms with Crippen molar-refractivity contribution in [1.82, 2.24) is 5.32 Å². The van der Waals surface area contributed by atoms with Crippen LogP contribution in [0, 0.1) is 5.82 Å². The largest absolute Gasteiger partial charge is 0.494 e. The lowest BCUT2D eigenvalue weighted by molar-refractivity contribution is 0.385. The number of rotatable bonds is 4. The summed E-state index contributed by atoms with van der Waals surface area (Å²) in [6.45, 7) is 4.90. The summed E-state index contributed by atoms with van der Waals surface area (Å²) < 4.78 is 18.1. The first kappa shape index (κ1) is 11.0. The summed E-state index contributed by atoms with van der Waals surface area (Å²) in [7, 11) is 1.46. The molecule has 1 N–H and O–H groups in total. The highest BCUT2D eigenvalue weighted by Crippen LogP contribution is 2.21. The molecule has 1 unspecified atom stereocenters. The van der Waals surface area contributed by atoms with Crippen molar-refractivity contribution in [1.29, 1.82) is 0 Å². The first-order valence-corrected chi connectivity index (χ1v) is 4.75. The Bertz CT molecular complexity index is 301. The van der Waals surface area contributed by atoms with Crippen molar-refractivity contribution in [2.75, 3.05) is 13.7 Å². The van der Waals surface area contributed by atoms with E-state index in [1.807, 2.05) is 19.9 Å². The van der Waals surface area contributed by atoms with E-state index < -0.39 is 0 Å². The van der Waals surface area contributed by atoms with Crippen LogP contribution in [-0.4, -0.2) is 13.7 Å². The summed E-state index contributed by atoms with van der Waals surface area (Å²) in [5.74, 6) is -0.0211. The van der Waals surface area contributed by atoms with Crippen LogP contribution in [0.5, 0.6) is 5.75 Å². The van der Waals surface area contributed by atoms with Gasteiger partial charge in [-0.15, -0.1) is 0 Å². The van der Waals surface area contributed by atoms with E-state index in [-0.39, 0.29) is 17.6 Å². The number of ether oxygens (including phenoxy) is 1. The Hall–Kier alpha value is -1.09. The maximum Gasteiger partial charge on any atom is 0.165 e. The molecule has 0 aromatic heterocycles. The van der Waals surface area contributed by atoms with Crippen LogP contribution in [0.25, 0.3) is 0 Å². The Morgan fingerprint density at radius 1 is 1.50 bits per heavy atom. The molecule has 2 nitrogen and oxygen atoms in total. The minimum absolute atomic E-state index is 0.167. The van der Waals surface area contributed by atoms with Gasteiger partial charge in [0.15, 0.2) is 11.6 Å². The number of hydrogen-bond donors (Lipinski definition) is 1. The predicted octanol–water partition coefficient (Wildman–Crippen LogP) is 2.50. The van der Waals surface area contributed by atoms with Crippen LogP contribution in [0.1, 0.15) is 25.5 Å². The van der Waals surface area contributed by atoms with E-state index in [0.717, 1.165) is 12.1 Å². The van der Waals surface area contributed by atoms with Gasteiger partial charge in [0.25, 0.3) is 0 Å². The number of benzene rings is 1. The van der Waals surface area contributed by atoms with E-state index in [1.165, 1.54) is 13.2 Å². The minimum atomic E-state index is -0.310. The molecule has 0 amide bonds. The topological polar surface area (TPSA) is 21.3 Å². The lowest BCUT2D eigenvalue weighted by Gasteiger charge is -2.13. The van der Waals surface area contributed by atoms with Crippen molar-refractivity contribution < 1.29 is 9.13 Å². The van der Waals surface area contributed by atoms with E-state index in [4.69, 9.17) is 4.74 Å². The summed E-state index contributed by atoms with van der Waals surface area (Å²) in [6, 6.07) is 5.19. The highest BCUT2D eigenvalue weighted by molar-refractivity contribution is 5.30. The molecular formula is C11H16FNO. The molecule has 0 bridgehead atoms. The molecule has 3 heteroatoms. The molecule has 0 aliphatic heterocycles. The Kier molecular flexibility index (Phi) is 3.89. The maximum absolute atomic E-state index is 13.3. The molecule has 0 saturated carbocycles. The van der Waals surface area contributed by atoms with E-state index >= 15 is 0 Å². The summed E-state index contributed by atoms with van der Waals surface area (Å²) in [5.41, 5.74) is 0.935. The fourth-order valence-corrected chi connectivity index (χ4v) is 1.38. The van der Waals surface area contributed by atoms with E-state index in [2.05, 4.69) is 5.32 Å². The first-order valence-electron chi connectivity index (χ1n) is 4.75. The number of hydrogen-bond acceptors (Lipinski definition) is 2. The zero-order chi connectivity index (χ0) is 10.6. The molecule has 1 aromatic carbocycles. The van der Waals surface area contributed by atoms with Crippen LogP contribution in [0.3, 0.4) is 0 Å². The third-order valence-corrected chi connectivity index (χ3v) is 2.19. The molecule has 0 heterocycles. The Balaban J connectivity index is 2.85. The fraction of sp³-hybridized carbons (Fsp3) is 0.455. The van der Waals surface area contributed by atoms with Gasteiger partial charge in [0.1, 0.15) is 0 Å². The van der Waals surface area contributed by atoms with Crippen molar-refractivity contribution in [3.05, 3.63) is 29.6 Å². The second-order valence-electron chi connectivity index (χ2n) is 3.17. The van der Waals surface area contributed by atoms with Crippen LogP contribution < -0.4 is 10.1 Å². The van der Waals surface area contributed by atoms with Gasteiger partial charge in [-0.25, -0.2) is 4.39 Å². The van der Waals surface area contributed by atoms with Crippen molar-refractivity contribution in [3.8, 4) is 5.75 Å². The van der Waals surface area contributed by atoms with Crippen molar-refractivity contribution in [2.45, 2.75) is 19.9 Å². The maximum atomic E-state index is 13.3. The molecule has 1 atom stereocenters. The van der Waals surface area contributed by atoms with Crippen LogP contribution >= 0.6 is 0 Å². The van der Waals surface area contributed by atoms with Gasteiger partial charge in [0.05, 0.1) is 7.11 Å². The smallest absolute Gasteiger partial charge is 0.165 e. The summed E-state index contributed by atoms with van der Waals surface area (Å²) in [5, 5.41) is 3.22. The van der Waals surface area contributed by atoms with Crippen LogP contribution in [0.4, 0.5) is 4.39 Å². The number of nitrogens with one attached hydrogen (secondary N) is 1. The van der Waals surface area contributed by atoms with Crippen molar-refractivity contribution in [3.63, 3.8) is 0 Å². The van der Waals surface area contributed by atoms with Gasteiger partial charge >= 0.3 is 0 Å². The van der Waals surface area contributed by atoms with Gasteiger partial charge in [0, 0.05) is 6.04 Å². The zero-order valence-electron chi connectivity index (χ0n) is 8.80. The molecule has 0 fully saturated rings. The third kappa shape index (κ3) is 2.45. The number of halogens is 1. The van der Waals surface area contributed by atoms with Gasteiger partial charge in [-0.1, -0.05) is 13.0 Å². The molecule has 1 rings (SSSR count). The zero-order valence-corrected chi connectivity index (χ0v) is 8.80. The van der Waals surface area contributed by atoms with E-state index in [9.17, 15) is 4.39 Å². The Labute approximate surface area is 84.1 Å². The van der Waals surface area contributed by atoms with Crippen LogP contribution in [0.15, 0.2) is 18.2 Å². The molecule has 78 valence electrons. The normalized spacial score (nSPS) is 12.6. The van der Waals surface area contributed by atoms with E-state index in [1.54, 1.807) is 6.07 Å². The van der Waals surface area contributed by atoms with Gasteiger partial charge in [-0.3, -0.25) is 0 Å². The molecule has 0 aliphatic carbocycles. The van der Waals surface area contributed by atoms with Crippen molar-refractivity contribution in [2.24, 2.45) is 0 Å². The second kappa shape index (κ2) is 4.96. The summed E-state index contributed by atoms with van der Waals surface area (Å²) in [6.07, 6.45) is 0. The minimum Gasteiger partial charge on any atom is -0.494 e. The van der Waals surface area contributed by atoms with Gasteiger partial charge in [0.2, 0.25) is 0 Å².